The quantitative estimate of drug-likeness (QED) is 0.561. The summed E-state index contributed by atoms with van der Waals surface area (Å²) >= 11 is 0. The summed E-state index contributed by atoms with van der Waals surface area (Å²) in [6.45, 7) is 1.42. The van der Waals surface area contributed by atoms with Gasteiger partial charge in [-0.3, -0.25) is 14.4 Å². The van der Waals surface area contributed by atoms with Crippen LogP contribution in [-0.2, 0) is 33.5 Å². The molecule has 7 nitrogen and oxygen atoms in total. The first-order valence-electron chi connectivity index (χ1n) is 9.69. The zero-order valence-corrected chi connectivity index (χ0v) is 17.1. The number of carbonyl (C=O) groups is 2. The van der Waals surface area contributed by atoms with Gasteiger partial charge < -0.3 is 15.0 Å². The molecule has 1 aromatic heterocycles. The summed E-state index contributed by atoms with van der Waals surface area (Å²) in [5.41, 5.74) is 4.51. The Morgan fingerprint density at radius 3 is 2.47 bits per heavy atom. The summed E-state index contributed by atoms with van der Waals surface area (Å²) in [6, 6.07) is 11.9. The van der Waals surface area contributed by atoms with Gasteiger partial charge in [-0.1, -0.05) is 30.3 Å². The number of halogens is 3. The summed E-state index contributed by atoms with van der Waals surface area (Å²) in [4.78, 5) is 40.1. The molecule has 1 amide bonds. The molecule has 3 rings (SSSR count). The SMILES string of the molecule is C[C@H](OC(=O)CCc1nc2cc(C(F)(F)F)ccc2n(Cc2ccccc2)c1=O)C(N)=O. The molecule has 3 aromatic rings. The van der Waals surface area contributed by atoms with Crippen molar-refractivity contribution in [2.75, 3.05) is 0 Å². The molecule has 10 heteroatoms. The zero-order chi connectivity index (χ0) is 23.5. The van der Waals surface area contributed by atoms with E-state index in [1.807, 2.05) is 0 Å². The summed E-state index contributed by atoms with van der Waals surface area (Å²) in [6.07, 6.45) is -6.19. The van der Waals surface area contributed by atoms with Crippen molar-refractivity contribution < 1.29 is 27.5 Å². The molecule has 0 fully saturated rings. The lowest BCUT2D eigenvalue weighted by atomic mass is 10.1. The Morgan fingerprint density at radius 2 is 1.84 bits per heavy atom. The van der Waals surface area contributed by atoms with E-state index in [9.17, 15) is 27.6 Å². The van der Waals surface area contributed by atoms with Crippen LogP contribution in [0.1, 0.15) is 30.2 Å². The lowest BCUT2D eigenvalue weighted by Crippen LogP contribution is -2.31. The largest absolute Gasteiger partial charge is 0.453 e. The average Bonchev–Trinajstić information content (AvgIpc) is 2.74. The number of carbonyl (C=O) groups excluding carboxylic acids is 2. The van der Waals surface area contributed by atoms with E-state index in [0.717, 1.165) is 17.7 Å². The second kappa shape index (κ2) is 9.21. The molecule has 32 heavy (non-hydrogen) atoms. The predicted octanol–water partition coefficient (Wildman–Crippen LogP) is 2.81. The molecule has 0 aliphatic heterocycles. The number of amides is 1. The van der Waals surface area contributed by atoms with Crippen LogP contribution in [0, 0.1) is 0 Å². The van der Waals surface area contributed by atoms with Crippen LogP contribution in [0.2, 0.25) is 0 Å². The number of rotatable bonds is 7. The Morgan fingerprint density at radius 1 is 1.16 bits per heavy atom. The van der Waals surface area contributed by atoms with Gasteiger partial charge in [-0.05, 0) is 30.7 Å². The van der Waals surface area contributed by atoms with Crippen LogP contribution >= 0.6 is 0 Å². The second-order valence-electron chi connectivity index (χ2n) is 7.17. The van der Waals surface area contributed by atoms with Gasteiger partial charge in [-0.15, -0.1) is 0 Å². The first-order valence-corrected chi connectivity index (χ1v) is 9.69. The summed E-state index contributed by atoms with van der Waals surface area (Å²) in [5, 5.41) is 0. The Balaban J connectivity index is 2.01. The monoisotopic (exact) mass is 447 g/mol. The highest BCUT2D eigenvalue weighted by Crippen LogP contribution is 2.31. The molecule has 1 heterocycles. The number of fused-ring (bicyclic) bond motifs is 1. The minimum atomic E-state index is -4.58. The van der Waals surface area contributed by atoms with Crippen molar-refractivity contribution in [3.05, 3.63) is 75.7 Å². The number of hydrogen-bond donors (Lipinski definition) is 1. The molecule has 0 unspecified atom stereocenters. The number of aryl methyl sites for hydroxylation is 1. The topological polar surface area (TPSA) is 104 Å². The van der Waals surface area contributed by atoms with E-state index in [1.54, 1.807) is 30.3 Å². The summed E-state index contributed by atoms with van der Waals surface area (Å²) in [5.74, 6) is -1.61. The second-order valence-corrected chi connectivity index (χ2v) is 7.17. The highest BCUT2D eigenvalue weighted by atomic mass is 19.4. The maximum atomic E-state index is 13.2. The normalized spacial score (nSPS) is 12.5. The first-order chi connectivity index (χ1) is 15.1. The van der Waals surface area contributed by atoms with Crippen LogP contribution < -0.4 is 11.3 Å². The van der Waals surface area contributed by atoms with Crippen molar-refractivity contribution in [2.24, 2.45) is 5.73 Å². The van der Waals surface area contributed by atoms with E-state index < -0.39 is 35.3 Å². The number of alkyl halides is 3. The number of aromatic nitrogens is 2. The van der Waals surface area contributed by atoms with Crippen molar-refractivity contribution in [3.8, 4) is 0 Å². The average molecular weight is 447 g/mol. The van der Waals surface area contributed by atoms with Crippen LogP contribution in [0.3, 0.4) is 0 Å². The lowest BCUT2D eigenvalue weighted by Gasteiger charge is -2.14. The van der Waals surface area contributed by atoms with E-state index >= 15 is 0 Å². The van der Waals surface area contributed by atoms with Crippen molar-refractivity contribution in [2.45, 2.75) is 38.6 Å². The minimum Gasteiger partial charge on any atom is -0.453 e. The number of primary amides is 1. The van der Waals surface area contributed by atoms with Crippen molar-refractivity contribution in [3.63, 3.8) is 0 Å². The van der Waals surface area contributed by atoms with Crippen molar-refractivity contribution in [1.29, 1.82) is 0 Å². The van der Waals surface area contributed by atoms with Gasteiger partial charge in [0.2, 0.25) is 0 Å². The maximum Gasteiger partial charge on any atom is 0.416 e. The van der Waals surface area contributed by atoms with Gasteiger partial charge in [0.15, 0.2) is 6.10 Å². The zero-order valence-electron chi connectivity index (χ0n) is 17.1. The van der Waals surface area contributed by atoms with E-state index in [-0.39, 0.29) is 36.1 Å². The molecule has 0 saturated heterocycles. The Kier molecular flexibility index (Phi) is 6.61. The minimum absolute atomic E-state index is 0.0239. The highest BCUT2D eigenvalue weighted by molar-refractivity contribution is 5.82. The molecule has 2 aromatic carbocycles. The van der Waals surface area contributed by atoms with Gasteiger partial charge >= 0.3 is 12.1 Å². The van der Waals surface area contributed by atoms with E-state index in [4.69, 9.17) is 10.5 Å². The third kappa shape index (κ3) is 5.32. The number of nitrogens with two attached hydrogens (primary N) is 1. The van der Waals surface area contributed by atoms with Gasteiger partial charge in [0.1, 0.15) is 5.69 Å². The van der Waals surface area contributed by atoms with Gasteiger partial charge in [0.25, 0.3) is 11.5 Å². The molecule has 168 valence electrons. The van der Waals surface area contributed by atoms with E-state index in [1.165, 1.54) is 17.6 Å². The Labute approximate surface area is 180 Å². The molecule has 0 bridgehead atoms. The van der Waals surface area contributed by atoms with Crippen LogP contribution in [0.15, 0.2) is 53.3 Å². The molecule has 0 saturated carbocycles. The van der Waals surface area contributed by atoms with Crippen LogP contribution in [0.4, 0.5) is 13.2 Å². The summed E-state index contributed by atoms with van der Waals surface area (Å²) < 4.78 is 45.7. The third-order valence-corrected chi connectivity index (χ3v) is 4.80. The van der Waals surface area contributed by atoms with Gasteiger partial charge in [0.05, 0.1) is 29.6 Å². The smallest absolute Gasteiger partial charge is 0.416 e. The summed E-state index contributed by atoms with van der Waals surface area (Å²) in [7, 11) is 0. The van der Waals surface area contributed by atoms with Crippen LogP contribution in [0.5, 0.6) is 0 Å². The molecule has 0 aliphatic rings. The lowest BCUT2D eigenvalue weighted by molar-refractivity contribution is -0.153. The molecular weight excluding hydrogens is 427 g/mol. The fourth-order valence-corrected chi connectivity index (χ4v) is 3.10. The fourth-order valence-electron chi connectivity index (χ4n) is 3.10. The molecule has 0 aliphatic carbocycles. The van der Waals surface area contributed by atoms with Crippen molar-refractivity contribution >= 4 is 22.9 Å². The van der Waals surface area contributed by atoms with Crippen LogP contribution in [0.25, 0.3) is 11.0 Å². The van der Waals surface area contributed by atoms with Gasteiger partial charge in [-0.25, -0.2) is 4.98 Å². The Hall–Kier alpha value is -3.69. The van der Waals surface area contributed by atoms with E-state index in [0.29, 0.717) is 0 Å². The standard InChI is InChI=1S/C22H20F3N3O4/c1-13(20(26)30)32-19(29)10-8-16-21(31)28(12-14-5-3-2-4-6-14)18-9-7-15(22(23,24)25)11-17(18)27-16/h2-7,9,11,13H,8,10,12H2,1H3,(H2,26,30)/t13-/m0/s1. The number of ether oxygens (including phenoxy) is 1. The predicted molar refractivity (Wildman–Crippen MR) is 110 cm³/mol. The maximum absolute atomic E-state index is 13.2. The number of nitrogens with zero attached hydrogens (tertiary/aromatic N) is 2. The third-order valence-electron chi connectivity index (χ3n) is 4.80. The van der Waals surface area contributed by atoms with Crippen molar-refractivity contribution in [1.82, 2.24) is 9.55 Å². The van der Waals surface area contributed by atoms with Gasteiger partial charge in [-0.2, -0.15) is 13.2 Å². The number of benzene rings is 2. The fraction of sp³-hybridized carbons (Fsp3) is 0.273. The molecular formula is C22H20F3N3O4. The van der Waals surface area contributed by atoms with Crippen LogP contribution in [-0.4, -0.2) is 27.5 Å². The molecule has 2 N–H and O–H groups in total. The van der Waals surface area contributed by atoms with Gasteiger partial charge in [0, 0.05) is 6.42 Å². The number of hydrogen-bond acceptors (Lipinski definition) is 5. The molecule has 0 spiro atoms. The first kappa shape index (κ1) is 23.0. The van der Waals surface area contributed by atoms with E-state index in [2.05, 4.69) is 4.98 Å². The molecule has 0 radical (unpaired) electrons. The highest BCUT2D eigenvalue weighted by Gasteiger charge is 2.31. The molecule has 1 atom stereocenters. The number of esters is 1. The Bertz CT molecular complexity index is 1210.